The smallest absolute Gasteiger partial charge is 0.259 e. The van der Waals surface area contributed by atoms with Gasteiger partial charge in [0.25, 0.3) is 5.91 Å². The molecule has 2 aliphatic heterocycles. The van der Waals surface area contributed by atoms with Crippen LogP contribution in [0.5, 0.6) is 17.2 Å². The monoisotopic (exact) mass is 565 g/mol. The first kappa shape index (κ1) is 27.4. The summed E-state index contributed by atoms with van der Waals surface area (Å²) < 4.78 is 19.8. The van der Waals surface area contributed by atoms with Crippen molar-refractivity contribution in [3.8, 4) is 17.2 Å². The van der Waals surface area contributed by atoms with Crippen molar-refractivity contribution in [2.24, 2.45) is 0 Å². The number of nitrogens with zero attached hydrogens (tertiary/aromatic N) is 2. The minimum Gasteiger partial charge on any atom is -0.497 e. The van der Waals surface area contributed by atoms with Gasteiger partial charge >= 0.3 is 0 Å². The molecule has 0 radical (unpaired) electrons. The van der Waals surface area contributed by atoms with Gasteiger partial charge in [-0.2, -0.15) is 0 Å². The summed E-state index contributed by atoms with van der Waals surface area (Å²) in [5, 5.41) is 4.60. The predicted molar refractivity (Wildman–Crippen MR) is 162 cm³/mol. The van der Waals surface area contributed by atoms with Gasteiger partial charge in [0, 0.05) is 53.8 Å². The SMILES string of the molecule is COc1ccc(CCOc2c(OC)cccc2C2C3=C(CN(C(C)=O)C3=O)Nc3cccc4c3c2cn4C(C)C)cc1. The second kappa shape index (κ2) is 10.9. The number of hydrogen-bond acceptors (Lipinski definition) is 6. The highest BCUT2D eigenvalue weighted by Crippen LogP contribution is 2.50. The number of anilines is 1. The van der Waals surface area contributed by atoms with Gasteiger partial charge in [-0.3, -0.25) is 14.5 Å². The van der Waals surface area contributed by atoms with Crippen molar-refractivity contribution in [3.05, 3.63) is 94.8 Å². The van der Waals surface area contributed by atoms with Crippen molar-refractivity contribution in [1.82, 2.24) is 9.47 Å². The van der Waals surface area contributed by atoms with E-state index < -0.39 is 5.92 Å². The Morgan fingerprint density at radius 1 is 1.00 bits per heavy atom. The molecular weight excluding hydrogens is 530 g/mol. The third kappa shape index (κ3) is 4.57. The number of nitrogens with one attached hydrogen (secondary N) is 1. The van der Waals surface area contributed by atoms with E-state index in [0.29, 0.717) is 30.1 Å². The molecule has 3 heterocycles. The highest BCUT2D eigenvalue weighted by Gasteiger charge is 2.43. The fourth-order valence-corrected chi connectivity index (χ4v) is 6.12. The Labute approximate surface area is 245 Å². The van der Waals surface area contributed by atoms with Crippen LogP contribution in [0.25, 0.3) is 10.9 Å². The van der Waals surface area contributed by atoms with Gasteiger partial charge in [-0.05, 0) is 55.3 Å². The highest BCUT2D eigenvalue weighted by molar-refractivity contribution is 6.11. The predicted octanol–water partition coefficient (Wildman–Crippen LogP) is 6.06. The molecule has 42 heavy (non-hydrogen) atoms. The number of methoxy groups -OCH3 is 2. The van der Waals surface area contributed by atoms with Gasteiger partial charge in [0.05, 0.1) is 38.5 Å². The average molecular weight is 566 g/mol. The summed E-state index contributed by atoms with van der Waals surface area (Å²) in [5.74, 6) is 0.918. The molecule has 8 nitrogen and oxygen atoms in total. The largest absolute Gasteiger partial charge is 0.497 e. The summed E-state index contributed by atoms with van der Waals surface area (Å²) in [4.78, 5) is 27.8. The quantitative estimate of drug-likeness (QED) is 0.280. The third-order valence-corrected chi connectivity index (χ3v) is 8.16. The van der Waals surface area contributed by atoms with Crippen molar-refractivity contribution in [2.45, 2.75) is 39.2 Å². The van der Waals surface area contributed by atoms with E-state index in [-0.39, 0.29) is 24.4 Å². The first-order valence-electron chi connectivity index (χ1n) is 14.2. The van der Waals surface area contributed by atoms with Crippen molar-refractivity contribution in [1.29, 1.82) is 0 Å². The summed E-state index contributed by atoms with van der Waals surface area (Å²) in [6.45, 7) is 6.32. The molecule has 216 valence electrons. The maximum absolute atomic E-state index is 14.0. The Morgan fingerprint density at radius 3 is 2.45 bits per heavy atom. The molecule has 0 aliphatic carbocycles. The lowest BCUT2D eigenvalue weighted by Gasteiger charge is -2.23. The fourth-order valence-electron chi connectivity index (χ4n) is 6.12. The molecule has 2 amide bonds. The van der Waals surface area contributed by atoms with Crippen LogP contribution < -0.4 is 19.5 Å². The molecule has 0 fully saturated rings. The zero-order chi connectivity index (χ0) is 29.5. The summed E-state index contributed by atoms with van der Waals surface area (Å²) in [6, 6.07) is 20.1. The Hall–Kier alpha value is -4.72. The minimum absolute atomic E-state index is 0.197. The molecule has 0 saturated heterocycles. The number of carbonyl (C=O) groups excluding carboxylic acids is 2. The van der Waals surface area contributed by atoms with Gasteiger partial charge < -0.3 is 24.1 Å². The van der Waals surface area contributed by atoms with Crippen LogP contribution in [0.4, 0.5) is 5.69 Å². The number of para-hydroxylation sites is 1. The van der Waals surface area contributed by atoms with Crippen LogP contribution in [0, 0.1) is 0 Å². The maximum atomic E-state index is 14.0. The molecule has 1 N–H and O–H groups in total. The second-order valence-electron chi connectivity index (χ2n) is 11.0. The molecule has 0 spiro atoms. The number of amides is 2. The molecule has 1 unspecified atom stereocenters. The summed E-state index contributed by atoms with van der Waals surface area (Å²) >= 11 is 0. The number of ether oxygens (including phenoxy) is 3. The minimum atomic E-state index is -0.485. The number of benzene rings is 3. The topological polar surface area (TPSA) is 82.0 Å². The van der Waals surface area contributed by atoms with Gasteiger partial charge in [0.1, 0.15) is 5.75 Å². The van der Waals surface area contributed by atoms with Crippen LogP contribution in [0.1, 0.15) is 49.4 Å². The van der Waals surface area contributed by atoms with Crippen LogP contribution in [-0.2, 0) is 16.0 Å². The van der Waals surface area contributed by atoms with E-state index in [1.807, 2.05) is 54.6 Å². The molecular formula is C34H35N3O5. The van der Waals surface area contributed by atoms with Crippen molar-refractivity contribution in [2.75, 3.05) is 32.7 Å². The van der Waals surface area contributed by atoms with Crippen LogP contribution in [0.15, 0.2) is 78.1 Å². The van der Waals surface area contributed by atoms with Gasteiger partial charge in [-0.15, -0.1) is 0 Å². The highest BCUT2D eigenvalue weighted by atomic mass is 16.5. The molecule has 4 aromatic rings. The van der Waals surface area contributed by atoms with E-state index in [1.54, 1.807) is 14.2 Å². The van der Waals surface area contributed by atoms with Crippen LogP contribution >= 0.6 is 0 Å². The van der Waals surface area contributed by atoms with Gasteiger partial charge in [0.2, 0.25) is 5.91 Å². The van der Waals surface area contributed by atoms with Crippen molar-refractivity contribution < 1.29 is 23.8 Å². The van der Waals surface area contributed by atoms with E-state index >= 15 is 0 Å². The van der Waals surface area contributed by atoms with Crippen molar-refractivity contribution in [3.63, 3.8) is 0 Å². The Balaban J connectivity index is 1.50. The fraction of sp³-hybridized carbons (Fsp3) is 0.294. The van der Waals surface area contributed by atoms with Crippen molar-refractivity contribution >= 4 is 28.4 Å². The van der Waals surface area contributed by atoms with E-state index in [0.717, 1.165) is 44.7 Å². The lowest BCUT2D eigenvalue weighted by Crippen LogP contribution is -2.33. The lowest BCUT2D eigenvalue weighted by atomic mass is 9.83. The third-order valence-electron chi connectivity index (χ3n) is 8.16. The Kier molecular flexibility index (Phi) is 7.14. The first-order valence-corrected chi connectivity index (χ1v) is 14.2. The van der Waals surface area contributed by atoms with Gasteiger partial charge in [-0.1, -0.05) is 30.3 Å². The molecule has 0 bridgehead atoms. The number of hydrogen-bond donors (Lipinski definition) is 1. The summed E-state index contributed by atoms with van der Waals surface area (Å²) in [7, 11) is 3.27. The molecule has 0 saturated carbocycles. The Bertz CT molecular complexity index is 1720. The summed E-state index contributed by atoms with van der Waals surface area (Å²) in [6.07, 6.45) is 2.82. The van der Waals surface area contributed by atoms with Crippen LogP contribution in [0.3, 0.4) is 0 Å². The standard InChI is InChI=1S/C34H35N3O5/c1-20(2)36-18-25-30(32-27(19-37(21(3)38)34(32)39)35-26-9-7-10-28(36)31(25)26)24-8-6-11-29(41-5)33(24)42-17-16-22-12-14-23(40-4)15-13-22/h6-15,18,20,30,35H,16-17,19H2,1-5H3. The lowest BCUT2D eigenvalue weighted by molar-refractivity contribution is -0.139. The number of rotatable bonds is 8. The zero-order valence-electron chi connectivity index (χ0n) is 24.6. The zero-order valence-corrected chi connectivity index (χ0v) is 24.6. The molecule has 1 atom stereocenters. The number of imide groups is 1. The van der Waals surface area contributed by atoms with E-state index in [9.17, 15) is 9.59 Å². The number of carbonyl (C=O) groups is 2. The van der Waals surface area contributed by atoms with E-state index in [1.165, 1.54) is 11.8 Å². The molecule has 1 aromatic heterocycles. The maximum Gasteiger partial charge on any atom is 0.259 e. The van der Waals surface area contributed by atoms with Gasteiger partial charge in [-0.25, -0.2) is 0 Å². The van der Waals surface area contributed by atoms with Crippen LogP contribution in [-0.4, -0.2) is 48.7 Å². The first-order chi connectivity index (χ1) is 20.3. The van der Waals surface area contributed by atoms with E-state index in [4.69, 9.17) is 14.2 Å². The number of aromatic nitrogens is 1. The Morgan fingerprint density at radius 2 is 1.76 bits per heavy atom. The second-order valence-corrected chi connectivity index (χ2v) is 11.0. The normalized spacial score (nSPS) is 16.0. The molecule has 2 aliphatic rings. The average Bonchev–Trinajstić information content (AvgIpc) is 3.49. The molecule has 8 heteroatoms. The van der Waals surface area contributed by atoms with Crippen LogP contribution in [0.2, 0.25) is 0 Å². The molecule has 3 aromatic carbocycles. The molecule has 6 rings (SSSR count). The van der Waals surface area contributed by atoms with E-state index in [2.05, 4.69) is 36.0 Å². The summed E-state index contributed by atoms with van der Waals surface area (Å²) in [5.41, 5.74) is 6.19. The van der Waals surface area contributed by atoms with Gasteiger partial charge in [0.15, 0.2) is 11.5 Å².